The van der Waals surface area contributed by atoms with E-state index in [2.05, 4.69) is 20.9 Å². The van der Waals surface area contributed by atoms with Crippen LogP contribution in [0.2, 0.25) is 0 Å². The molecule has 1 saturated carbocycles. The molecular formula is C17H18N4O3S2. The van der Waals surface area contributed by atoms with Gasteiger partial charge in [-0.2, -0.15) is 0 Å². The first-order valence-corrected chi connectivity index (χ1v) is 10.2. The van der Waals surface area contributed by atoms with Crippen molar-refractivity contribution < 1.29 is 14.4 Å². The summed E-state index contributed by atoms with van der Waals surface area (Å²) in [7, 11) is 0. The summed E-state index contributed by atoms with van der Waals surface area (Å²) in [6, 6.07) is 1.39. The molecule has 0 unspecified atom stereocenters. The number of imide groups is 1. The number of hydrogen-bond donors (Lipinski definition) is 3. The summed E-state index contributed by atoms with van der Waals surface area (Å²) in [4.78, 5) is 41.6. The monoisotopic (exact) mass is 390 g/mol. The van der Waals surface area contributed by atoms with E-state index >= 15 is 0 Å². The van der Waals surface area contributed by atoms with E-state index in [0.717, 1.165) is 28.4 Å². The van der Waals surface area contributed by atoms with E-state index in [1.54, 1.807) is 11.3 Å². The van der Waals surface area contributed by atoms with Gasteiger partial charge < -0.3 is 10.6 Å². The molecule has 1 spiro atoms. The minimum Gasteiger partial charge on any atom is -0.352 e. The molecule has 0 radical (unpaired) electrons. The van der Waals surface area contributed by atoms with Gasteiger partial charge in [0, 0.05) is 23.2 Å². The van der Waals surface area contributed by atoms with Gasteiger partial charge in [0.05, 0.1) is 21.1 Å². The molecule has 26 heavy (non-hydrogen) atoms. The van der Waals surface area contributed by atoms with E-state index in [1.165, 1.54) is 11.3 Å². The SMILES string of the molecule is Cc1nc(-c2cc(C(=O)NC[C@@H]3CCC[C@@]34NC(=O)NC4=O)cs2)cs1. The molecule has 9 heteroatoms. The van der Waals surface area contributed by atoms with Crippen molar-refractivity contribution >= 4 is 40.5 Å². The quantitative estimate of drug-likeness (QED) is 0.697. The maximum atomic E-state index is 12.5. The fraction of sp³-hybridized carbons (Fsp3) is 0.412. The van der Waals surface area contributed by atoms with Crippen LogP contribution < -0.4 is 16.0 Å². The number of hydrogen-bond acceptors (Lipinski definition) is 6. The average Bonchev–Trinajstić information content (AvgIpc) is 3.35. The van der Waals surface area contributed by atoms with E-state index < -0.39 is 11.6 Å². The molecule has 1 aliphatic heterocycles. The Hall–Kier alpha value is -2.26. The second-order valence-electron chi connectivity index (χ2n) is 6.63. The molecule has 4 amide bonds. The maximum Gasteiger partial charge on any atom is 0.322 e. The number of nitrogens with one attached hydrogen (secondary N) is 3. The highest BCUT2D eigenvalue weighted by atomic mass is 32.1. The largest absolute Gasteiger partial charge is 0.352 e. The predicted molar refractivity (Wildman–Crippen MR) is 99.2 cm³/mol. The van der Waals surface area contributed by atoms with E-state index in [0.29, 0.717) is 18.5 Å². The minimum atomic E-state index is -0.873. The van der Waals surface area contributed by atoms with Gasteiger partial charge in [0.15, 0.2) is 0 Å². The summed E-state index contributed by atoms with van der Waals surface area (Å²) in [5.41, 5.74) is 0.599. The fourth-order valence-corrected chi connectivity index (χ4v) is 5.24. The van der Waals surface area contributed by atoms with Crippen LogP contribution in [0.25, 0.3) is 10.6 Å². The summed E-state index contributed by atoms with van der Waals surface area (Å²) in [5.74, 6) is -0.556. The van der Waals surface area contributed by atoms with Crippen LogP contribution >= 0.6 is 22.7 Å². The number of thiophene rings is 1. The van der Waals surface area contributed by atoms with Gasteiger partial charge in [-0.3, -0.25) is 14.9 Å². The lowest BCUT2D eigenvalue weighted by molar-refractivity contribution is -0.125. The van der Waals surface area contributed by atoms with E-state index in [1.807, 2.05) is 23.8 Å². The first kappa shape index (κ1) is 17.2. The molecule has 0 aromatic carbocycles. The zero-order valence-corrected chi connectivity index (χ0v) is 15.8. The predicted octanol–water partition coefficient (Wildman–Crippen LogP) is 2.29. The van der Waals surface area contributed by atoms with Crippen molar-refractivity contribution in [1.82, 2.24) is 20.9 Å². The Kier molecular flexibility index (Phi) is 4.28. The van der Waals surface area contributed by atoms with Gasteiger partial charge in [-0.25, -0.2) is 9.78 Å². The number of rotatable bonds is 4. The van der Waals surface area contributed by atoms with Gasteiger partial charge >= 0.3 is 6.03 Å². The lowest BCUT2D eigenvalue weighted by Crippen LogP contribution is -2.53. The molecule has 3 heterocycles. The molecule has 1 aliphatic carbocycles. The van der Waals surface area contributed by atoms with Gasteiger partial charge in [0.1, 0.15) is 5.54 Å². The first-order valence-electron chi connectivity index (χ1n) is 8.41. The molecule has 136 valence electrons. The Morgan fingerprint density at radius 3 is 2.92 bits per heavy atom. The van der Waals surface area contributed by atoms with Crippen molar-refractivity contribution in [3.05, 3.63) is 27.4 Å². The zero-order valence-electron chi connectivity index (χ0n) is 14.1. The van der Waals surface area contributed by atoms with E-state index in [4.69, 9.17) is 0 Å². The minimum absolute atomic E-state index is 0.0998. The Bertz CT molecular complexity index is 890. The molecule has 2 atom stereocenters. The van der Waals surface area contributed by atoms with Crippen LogP contribution in [0.5, 0.6) is 0 Å². The van der Waals surface area contributed by atoms with Crippen molar-refractivity contribution in [2.45, 2.75) is 31.7 Å². The third kappa shape index (κ3) is 2.90. The lowest BCUT2D eigenvalue weighted by atomic mass is 9.87. The van der Waals surface area contributed by atoms with Crippen molar-refractivity contribution in [2.75, 3.05) is 6.54 Å². The third-order valence-corrected chi connectivity index (χ3v) is 6.76. The molecule has 0 bridgehead atoms. The van der Waals surface area contributed by atoms with Gasteiger partial charge in [0.2, 0.25) is 0 Å². The average molecular weight is 390 g/mol. The number of urea groups is 1. The van der Waals surface area contributed by atoms with Crippen LogP contribution in [0, 0.1) is 12.8 Å². The molecule has 2 fully saturated rings. The molecule has 1 saturated heterocycles. The smallest absolute Gasteiger partial charge is 0.322 e. The Balaban J connectivity index is 1.42. The maximum absolute atomic E-state index is 12.5. The normalized spacial score (nSPS) is 24.7. The molecule has 2 aliphatic rings. The van der Waals surface area contributed by atoms with Gasteiger partial charge in [-0.15, -0.1) is 22.7 Å². The standard InChI is InChI=1S/C17H18N4O3S2/c1-9-19-12(8-25-9)13-5-10(7-26-13)14(22)18-6-11-3-2-4-17(11)15(23)20-16(24)21-17/h5,7-8,11H,2-4,6H2,1H3,(H,18,22)(H2,20,21,23,24)/t11-,17+/m0/s1. The van der Waals surface area contributed by atoms with Crippen molar-refractivity contribution in [3.8, 4) is 10.6 Å². The number of nitrogens with zero attached hydrogens (tertiary/aromatic N) is 1. The summed E-state index contributed by atoms with van der Waals surface area (Å²) < 4.78 is 0. The lowest BCUT2D eigenvalue weighted by Gasteiger charge is -2.28. The number of thiazole rings is 1. The van der Waals surface area contributed by atoms with Crippen molar-refractivity contribution in [3.63, 3.8) is 0 Å². The van der Waals surface area contributed by atoms with Gasteiger partial charge in [-0.1, -0.05) is 6.42 Å². The number of carbonyl (C=O) groups excluding carboxylic acids is 3. The molecule has 3 N–H and O–H groups in total. The number of aromatic nitrogens is 1. The third-order valence-electron chi connectivity index (χ3n) is 5.03. The highest BCUT2D eigenvalue weighted by Crippen LogP contribution is 2.37. The Morgan fingerprint density at radius 2 is 2.23 bits per heavy atom. The highest BCUT2D eigenvalue weighted by molar-refractivity contribution is 7.14. The van der Waals surface area contributed by atoms with Gasteiger partial charge in [0.25, 0.3) is 11.8 Å². The number of carbonyl (C=O) groups is 3. The first-order chi connectivity index (χ1) is 12.5. The summed E-state index contributed by atoms with van der Waals surface area (Å²) in [5, 5.41) is 12.8. The second-order valence-corrected chi connectivity index (χ2v) is 8.60. The number of amides is 4. The van der Waals surface area contributed by atoms with Crippen LogP contribution in [0.1, 0.15) is 34.6 Å². The summed E-state index contributed by atoms with van der Waals surface area (Å²) in [6.45, 7) is 2.30. The van der Waals surface area contributed by atoms with Crippen LogP contribution in [0.15, 0.2) is 16.8 Å². The van der Waals surface area contributed by atoms with Crippen molar-refractivity contribution in [1.29, 1.82) is 0 Å². The molecule has 2 aromatic heterocycles. The van der Waals surface area contributed by atoms with Crippen LogP contribution in [-0.2, 0) is 4.79 Å². The molecular weight excluding hydrogens is 372 g/mol. The summed E-state index contributed by atoms with van der Waals surface area (Å²) in [6.07, 6.45) is 2.25. The zero-order chi connectivity index (χ0) is 18.3. The van der Waals surface area contributed by atoms with Crippen molar-refractivity contribution in [2.24, 2.45) is 5.92 Å². The van der Waals surface area contributed by atoms with Gasteiger partial charge in [-0.05, 0) is 25.8 Å². The number of aryl methyl sites for hydroxylation is 1. The summed E-state index contributed by atoms with van der Waals surface area (Å²) >= 11 is 3.06. The van der Waals surface area contributed by atoms with Crippen LogP contribution in [0.4, 0.5) is 4.79 Å². The Labute approximate surface area is 158 Å². The highest BCUT2D eigenvalue weighted by Gasteiger charge is 2.54. The Morgan fingerprint density at radius 1 is 1.38 bits per heavy atom. The molecule has 2 aromatic rings. The topological polar surface area (TPSA) is 100 Å². The fourth-order valence-electron chi connectivity index (χ4n) is 3.71. The van der Waals surface area contributed by atoms with E-state index in [-0.39, 0.29) is 17.7 Å². The van der Waals surface area contributed by atoms with Crippen LogP contribution in [-0.4, -0.2) is 34.9 Å². The van der Waals surface area contributed by atoms with Crippen LogP contribution in [0.3, 0.4) is 0 Å². The van der Waals surface area contributed by atoms with E-state index in [9.17, 15) is 14.4 Å². The molecule has 4 rings (SSSR count). The molecule has 7 nitrogen and oxygen atoms in total. The second kappa shape index (κ2) is 6.48.